The average molecular weight is 261 g/mol. The number of hydrogen-bond acceptors (Lipinski definition) is 2. The van der Waals surface area contributed by atoms with Crippen LogP contribution in [0.1, 0.15) is 32.1 Å². The van der Waals surface area contributed by atoms with E-state index < -0.39 is 18.1 Å². The third-order valence-corrected chi connectivity index (χ3v) is 6.18. The fourth-order valence-corrected chi connectivity index (χ4v) is 5.88. The van der Waals surface area contributed by atoms with Gasteiger partial charge in [-0.05, 0) is 31.7 Å². The van der Waals surface area contributed by atoms with Gasteiger partial charge in [0.2, 0.25) is 0 Å². The molecule has 16 heavy (non-hydrogen) atoms. The molecule has 1 aliphatic rings. The van der Waals surface area contributed by atoms with Gasteiger partial charge in [-0.25, -0.2) is 8.42 Å². The van der Waals surface area contributed by atoms with Crippen molar-refractivity contribution in [2.45, 2.75) is 57.8 Å². The van der Waals surface area contributed by atoms with E-state index in [1.54, 1.807) is 0 Å². The SMILES string of the molecule is C[Si](C)(C)CCS(=O)(=O)N=C1CCCCC1. The molecule has 94 valence electrons. The Hall–Kier alpha value is -0.163. The van der Waals surface area contributed by atoms with Crippen molar-refractivity contribution in [3.8, 4) is 0 Å². The van der Waals surface area contributed by atoms with Gasteiger partial charge in [0, 0.05) is 13.8 Å². The highest BCUT2D eigenvalue weighted by Crippen LogP contribution is 2.17. The van der Waals surface area contributed by atoms with Crippen LogP contribution in [0.15, 0.2) is 4.40 Å². The van der Waals surface area contributed by atoms with Crippen molar-refractivity contribution in [1.82, 2.24) is 0 Å². The summed E-state index contributed by atoms with van der Waals surface area (Å²) in [6.07, 6.45) is 5.18. The molecular weight excluding hydrogens is 238 g/mol. The smallest absolute Gasteiger partial charge is 0.205 e. The molecule has 1 saturated carbocycles. The summed E-state index contributed by atoms with van der Waals surface area (Å²) in [6, 6.07) is 0.812. The van der Waals surface area contributed by atoms with E-state index in [4.69, 9.17) is 0 Å². The minimum atomic E-state index is -3.19. The van der Waals surface area contributed by atoms with Crippen LogP contribution in [-0.4, -0.2) is 28.0 Å². The zero-order chi connectivity index (χ0) is 12.2. The molecule has 5 heteroatoms. The Labute approximate surface area is 100 Å². The second kappa shape index (κ2) is 5.45. The molecule has 0 N–H and O–H groups in total. The second-order valence-corrected chi connectivity index (χ2v) is 13.2. The van der Waals surface area contributed by atoms with Crippen molar-refractivity contribution >= 4 is 23.8 Å². The van der Waals surface area contributed by atoms with E-state index in [2.05, 4.69) is 24.0 Å². The first-order valence-electron chi connectivity index (χ1n) is 6.09. The molecule has 0 aliphatic heterocycles. The fourth-order valence-electron chi connectivity index (χ4n) is 1.73. The van der Waals surface area contributed by atoms with Gasteiger partial charge in [-0.2, -0.15) is 4.40 Å². The second-order valence-electron chi connectivity index (χ2n) is 5.81. The highest BCUT2D eigenvalue weighted by Gasteiger charge is 2.19. The van der Waals surface area contributed by atoms with Crippen LogP contribution < -0.4 is 0 Å². The highest BCUT2D eigenvalue weighted by molar-refractivity contribution is 7.90. The van der Waals surface area contributed by atoms with E-state index in [-0.39, 0.29) is 5.75 Å². The number of nitrogens with zero attached hydrogens (tertiary/aromatic N) is 1. The number of hydrogen-bond donors (Lipinski definition) is 0. The van der Waals surface area contributed by atoms with Crippen molar-refractivity contribution < 1.29 is 8.42 Å². The summed E-state index contributed by atoms with van der Waals surface area (Å²) < 4.78 is 27.5. The Bertz CT molecular complexity index is 347. The Balaban J connectivity index is 2.57. The van der Waals surface area contributed by atoms with Gasteiger partial charge in [0.25, 0.3) is 10.0 Å². The molecule has 1 aliphatic carbocycles. The topological polar surface area (TPSA) is 46.5 Å². The van der Waals surface area contributed by atoms with E-state index in [1.807, 2.05) is 0 Å². The lowest BCUT2D eigenvalue weighted by molar-refractivity contribution is 0.597. The molecule has 0 saturated heterocycles. The molecule has 0 atom stereocenters. The van der Waals surface area contributed by atoms with E-state index in [9.17, 15) is 8.42 Å². The normalized spacial score (nSPS) is 18.6. The Morgan fingerprint density at radius 3 is 2.19 bits per heavy atom. The van der Waals surface area contributed by atoms with Gasteiger partial charge in [0.05, 0.1) is 5.75 Å². The fraction of sp³-hybridized carbons (Fsp3) is 0.909. The summed E-state index contributed by atoms with van der Waals surface area (Å²) in [6.45, 7) is 6.57. The molecule has 0 bridgehead atoms. The van der Waals surface area contributed by atoms with Crippen LogP contribution in [0.4, 0.5) is 0 Å². The van der Waals surface area contributed by atoms with E-state index in [0.29, 0.717) is 0 Å². The first-order valence-corrected chi connectivity index (χ1v) is 11.4. The summed E-state index contributed by atoms with van der Waals surface area (Å²) in [5, 5.41) is 0. The third kappa shape index (κ3) is 5.79. The monoisotopic (exact) mass is 261 g/mol. The number of sulfonamides is 1. The molecule has 0 spiro atoms. The van der Waals surface area contributed by atoms with Crippen LogP contribution in [0.3, 0.4) is 0 Å². The van der Waals surface area contributed by atoms with Crippen molar-refractivity contribution in [2.24, 2.45) is 4.40 Å². The summed E-state index contributed by atoms with van der Waals surface area (Å²) in [5.41, 5.74) is 0.904. The summed E-state index contributed by atoms with van der Waals surface area (Å²) in [4.78, 5) is 0. The molecule has 1 rings (SSSR count). The van der Waals surface area contributed by atoms with E-state index in [0.717, 1.165) is 37.4 Å². The molecule has 3 nitrogen and oxygen atoms in total. The van der Waals surface area contributed by atoms with Gasteiger partial charge in [-0.15, -0.1) is 0 Å². The van der Waals surface area contributed by atoms with Crippen molar-refractivity contribution in [2.75, 3.05) is 5.75 Å². The molecule has 0 aromatic heterocycles. The zero-order valence-electron chi connectivity index (χ0n) is 10.6. The first-order chi connectivity index (χ1) is 7.29. The molecule has 0 radical (unpaired) electrons. The molecule has 0 amide bonds. The van der Waals surface area contributed by atoms with Crippen LogP contribution in [0.5, 0.6) is 0 Å². The predicted molar refractivity (Wildman–Crippen MR) is 72.5 cm³/mol. The summed E-state index contributed by atoms with van der Waals surface area (Å²) in [5.74, 6) is 0.242. The van der Waals surface area contributed by atoms with Crippen LogP contribution in [0, 0.1) is 0 Å². The van der Waals surface area contributed by atoms with Gasteiger partial charge in [-0.3, -0.25) is 0 Å². The van der Waals surface area contributed by atoms with Crippen LogP contribution in [0.2, 0.25) is 25.7 Å². The van der Waals surface area contributed by atoms with Gasteiger partial charge < -0.3 is 0 Å². The first kappa shape index (κ1) is 13.9. The van der Waals surface area contributed by atoms with Gasteiger partial charge in [0.1, 0.15) is 0 Å². The lowest BCUT2D eigenvalue weighted by Gasteiger charge is -2.15. The molecule has 0 aromatic rings. The maximum Gasteiger partial charge on any atom is 0.252 e. The minimum absolute atomic E-state index is 0.242. The molecule has 0 unspecified atom stereocenters. The van der Waals surface area contributed by atoms with E-state index in [1.165, 1.54) is 6.42 Å². The van der Waals surface area contributed by atoms with Gasteiger partial charge in [0.15, 0.2) is 0 Å². The van der Waals surface area contributed by atoms with Crippen molar-refractivity contribution in [3.05, 3.63) is 0 Å². The zero-order valence-corrected chi connectivity index (χ0v) is 12.4. The Morgan fingerprint density at radius 2 is 1.69 bits per heavy atom. The lowest BCUT2D eigenvalue weighted by atomic mass is 9.99. The Kier molecular flexibility index (Phi) is 4.73. The summed E-state index contributed by atoms with van der Waals surface area (Å²) in [7, 11) is -4.47. The lowest BCUT2D eigenvalue weighted by Crippen LogP contribution is -2.23. The molecule has 1 fully saturated rings. The maximum absolute atomic E-state index is 11.8. The van der Waals surface area contributed by atoms with Crippen LogP contribution >= 0.6 is 0 Å². The van der Waals surface area contributed by atoms with Gasteiger partial charge >= 0.3 is 0 Å². The molecule has 0 heterocycles. The average Bonchev–Trinajstić information content (AvgIpc) is 2.15. The molecular formula is C11H23NO2SSi. The van der Waals surface area contributed by atoms with Crippen LogP contribution in [-0.2, 0) is 10.0 Å². The standard InChI is InChI=1S/C11H23NO2SSi/c1-16(2,3)10-9-15(13,14)12-11-7-5-4-6-8-11/h4-10H2,1-3H3. The largest absolute Gasteiger partial charge is 0.252 e. The van der Waals surface area contributed by atoms with Gasteiger partial charge in [-0.1, -0.05) is 26.1 Å². The predicted octanol–water partition coefficient (Wildman–Crippen LogP) is 3.06. The maximum atomic E-state index is 11.8. The quantitative estimate of drug-likeness (QED) is 0.730. The highest BCUT2D eigenvalue weighted by atomic mass is 32.2. The molecule has 0 aromatic carbocycles. The van der Waals surface area contributed by atoms with Crippen molar-refractivity contribution in [3.63, 3.8) is 0 Å². The van der Waals surface area contributed by atoms with Crippen molar-refractivity contribution in [1.29, 1.82) is 0 Å². The summed E-state index contributed by atoms with van der Waals surface area (Å²) >= 11 is 0. The Morgan fingerprint density at radius 1 is 1.12 bits per heavy atom. The van der Waals surface area contributed by atoms with Crippen LogP contribution in [0.25, 0.3) is 0 Å². The third-order valence-electron chi connectivity index (χ3n) is 2.81. The van der Waals surface area contributed by atoms with E-state index >= 15 is 0 Å². The minimum Gasteiger partial charge on any atom is -0.205 e. The number of rotatable bonds is 4.